The van der Waals surface area contributed by atoms with E-state index in [1.165, 1.54) is 31.8 Å². The normalized spacial score (nSPS) is 16.8. The molecule has 2 aromatic rings. The largest absolute Gasteiger partial charge is 0.489 e. The van der Waals surface area contributed by atoms with Crippen molar-refractivity contribution < 1.29 is 32.6 Å². The number of hydrogen-bond donors (Lipinski definition) is 2. The lowest BCUT2D eigenvalue weighted by molar-refractivity contribution is -0.132. The zero-order valence-corrected chi connectivity index (χ0v) is 17.4. The highest BCUT2D eigenvalue weighted by Gasteiger charge is 2.39. The Labute approximate surface area is 174 Å². The van der Waals surface area contributed by atoms with Crippen LogP contribution in [-0.2, 0) is 21.4 Å². The number of carbonyl (C=O) groups is 1. The van der Waals surface area contributed by atoms with Gasteiger partial charge in [0.05, 0.1) is 19.1 Å². The Morgan fingerprint density at radius 1 is 1.20 bits per heavy atom. The lowest BCUT2D eigenvalue weighted by Crippen LogP contribution is -2.44. The van der Waals surface area contributed by atoms with Crippen LogP contribution >= 0.6 is 0 Å². The van der Waals surface area contributed by atoms with E-state index in [1.54, 1.807) is 24.3 Å². The number of nitrogens with zero attached hydrogens (tertiary/aromatic N) is 2. The minimum absolute atomic E-state index is 0.0414. The second-order valence-corrected chi connectivity index (χ2v) is 8.46. The number of pyridine rings is 1. The number of aromatic nitrogens is 1. The number of amides is 1. The molecule has 1 aromatic heterocycles. The maximum atomic E-state index is 12.9. The van der Waals surface area contributed by atoms with Gasteiger partial charge >= 0.3 is 0 Å². The molecule has 2 N–H and O–H groups in total. The standard InChI is InChI=1S/C19H23N3O7S/c1-27-17-10-13(11-18(20-17)28-2)12-29-14-5-7-15(8-6-14)30(25,26)22-9-3-4-16(22)19(23)21-24/h5-8,10-11,16,24H,3-4,9,12H2,1-2H3,(H,21,23)/t16-/m1/s1. The number of hydroxylamine groups is 1. The molecule has 1 atom stereocenters. The van der Waals surface area contributed by atoms with Crippen LogP contribution in [0.2, 0.25) is 0 Å². The van der Waals surface area contributed by atoms with Crippen LogP contribution in [0.1, 0.15) is 18.4 Å². The number of ether oxygens (including phenoxy) is 3. The molecule has 0 bridgehead atoms. The summed E-state index contributed by atoms with van der Waals surface area (Å²) in [4.78, 5) is 15.9. The van der Waals surface area contributed by atoms with Crippen LogP contribution in [0.3, 0.4) is 0 Å². The number of benzene rings is 1. The third-order valence-corrected chi connectivity index (χ3v) is 6.63. The van der Waals surface area contributed by atoms with Crippen LogP contribution in [-0.4, -0.2) is 55.6 Å². The highest BCUT2D eigenvalue weighted by atomic mass is 32.2. The number of nitrogens with one attached hydrogen (secondary N) is 1. The molecule has 1 fully saturated rings. The summed E-state index contributed by atoms with van der Waals surface area (Å²) in [7, 11) is -0.879. The molecule has 10 nitrogen and oxygen atoms in total. The van der Waals surface area contributed by atoms with Gasteiger partial charge in [0.25, 0.3) is 5.91 Å². The van der Waals surface area contributed by atoms with Gasteiger partial charge in [-0.25, -0.2) is 13.9 Å². The topological polar surface area (TPSA) is 127 Å². The van der Waals surface area contributed by atoms with Crippen molar-refractivity contribution in [3.05, 3.63) is 42.0 Å². The van der Waals surface area contributed by atoms with Gasteiger partial charge in [-0.15, -0.1) is 0 Å². The summed E-state index contributed by atoms with van der Waals surface area (Å²) in [5.74, 6) is 0.511. The van der Waals surface area contributed by atoms with E-state index < -0.39 is 22.0 Å². The van der Waals surface area contributed by atoms with Crippen LogP contribution in [0.25, 0.3) is 0 Å². The first-order valence-corrected chi connectivity index (χ1v) is 10.6. The third-order valence-electron chi connectivity index (χ3n) is 4.71. The van der Waals surface area contributed by atoms with Crippen molar-refractivity contribution in [2.45, 2.75) is 30.4 Å². The van der Waals surface area contributed by atoms with Gasteiger partial charge in [-0.1, -0.05) is 0 Å². The summed E-state index contributed by atoms with van der Waals surface area (Å²) >= 11 is 0. The van der Waals surface area contributed by atoms with Gasteiger partial charge in [0.2, 0.25) is 21.8 Å². The molecule has 1 aliphatic heterocycles. The van der Waals surface area contributed by atoms with Gasteiger partial charge in [0.1, 0.15) is 18.4 Å². The first kappa shape index (κ1) is 21.8. The van der Waals surface area contributed by atoms with E-state index in [-0.39, 0.29) is 18.0 Å². The Hall–Kier alpha value is -2.89. The van der Waals surface area contributed by atoms with Crippen LogP contribution in [0.5, 0.6) is 17.5 Å². The number of rotatable bonds is 8. The highest BCUT2D eigenvalue weighted by Crippen LogP contribution is 2.27. The van der Waals surface area contributed by atoms with Crippen molar-refractivity contribution in [2.24, 2.45) is 0 Å². The Balaban J connectivity index is 1.71. The van der Waals surface area contributed by atoms with Crippen molar-refractivity contribution in [2.75, 3.05) is 20.8 Å². The average molecular weight is 437 g/mol. The first-order chi connectivity index (χ1) is 14.4. The summed E-state index contributed by atoms with van der Waals surface area (Å²) in [6.45, 7) is 0.413. The summed E-state index contributed by atoms with van der Waals surface area (Å²) in [5, 5.41) is 8.85. The van der Waals surface area contributed by atoms with Crippen molar-refractivity contribution in [3.8, 4) is 17.5 Å². The van der Waals surface area contributed by atoms with E-state index in [0.717, 1.165) is 9.87 Å². The highest BCUT2D eigenvalue weighted by molar-refractivity contribution is 7.89. The molecule has 162 valence electrons. The zero-order valence-electron chi connectivity index (χ0n) is 16.6. The number of sulfonamides is 1. The molecule has 0 saturated carbocycles. The van der Waals surface area contributed by atoms with Crippen LogP contribution in [0.4, 0.5) is 0 Å². The van der Waals surface area contributed by atoms with Crippen LogP contribution in [0.15, 0.2) is 41.3 Å². The predicted octanol–water partition coefficient (Wildman–Crippen LogP) is 1.34. The molecular weight excluding hydrogens is 414 g/mol. The monoisotopic (exact) mass is 437 g/mol. The minimum Gasteiger partial charge on any atom is -0.489 e. The van der Waals surface area contributed by atoms with E-state index in [4.69, 9.17) is 19.4 Å². The van der Waals surface area contributed by atoms with Crippen molar-refractivity contribution >= 4 is 15.9 Å². The van der Waals surface area contributed by atoms with Crippen molar-refractivity contribution in [1.29, 1.82) is 0 Å². The molecule has 2 heterocycles. The van der Waals surface area contributed by atoms with Crippen LogP contribution in [0, 0.1) is 0 Å². The summed E-state index contributed by atoms with van der Waals surface area (Å²) in [6, 6.07) is 8.42. The van der Waals surface area contributed by atoms with E-state index in [9.17, 15) is 13.2 Å². The molecule has 1 aliphatic rings. The van der Waals surface area contributed by atoms with Crippen molar-refractivity contribution in [1.82, 2.24) is 14.8 Å². The molecule has 11 heteroatoms. The molecule has 0 unspecified atom stereocenters. The number of methoxy groups -OCH3 is 2. The molecule has 0 spiro atoms. The van der Waals surface area contributed by atoms with Crippen LogP contribution < -0.4 is 19.7 Å². The predicted molar refractivity (Wildman–Crippen MR) is 105 cm³/mol. The summed E-state index contributed by atoms with van der Waals surface area (Å²) in [6.07, 6.45) is 0.892. The molecule has 1 amide bonds. The summed E-state index contributed by atoms with van der Waals surface area (Å²) in [5.41, 5.74) is 2.30. The fourth-order valence-corrected chi connectivity index (χ4v) is 4.86. The molecule has 0 radical (unpaired) electrons. The van der Waals surface area contributed by atoms with Crippen molar-refractivity contribution in [3.63, 3.8) is 0 Å². The van der Waals surface area contributed by atoms with Gasteiger partial charge in [-0.2, -0.15) is 9.29 Å². The van der Waals surface area contributed by atoms with E-state index >= 15 is 0 Å². The molecule has 30 heavy (non-hydrogen) atoms. The Morgan fingerprint density at radius 3 is 2.40 bits per heavy atom. The lowest BCUT2D eigenvalue weighted by atomic mass is 10.2. The van der Waals surface area contributed by atoms with Gasteiger partial charge < -0.3 is 14.2 Å². The average Bonchev–Trinajstić information content (AvgIpc) is 3.28. The molecule has 1 saturated heterocycles. The first-order valence-electron chi connectivity index (χ1n) is 9.16. The van der Waals surface area contributed by atoms with E-state index in [0.29, 0.717) is 30.4 Å². The Morgan fingerprint density at radius 2 is 1.83 bits per heavy atom. The Bertz CT molecular complexity index is 973. The smallest absolute Gasteiger partial charge is 0.261 e. The zero-order chi connectivity index (χ0) is 21.7. The van der Waals surface area contributed by atoms with E-state index in [2.05, 4.69) is 4.98 Å². The van der Waals surface area contributed by atoms with Gasteiger partial charge in [0, 0.05) is 18.7 Å². The maximum absolute atomic E-state index is 12.9. The quantitative estimate of drug-likeness (QED) is 0.468. The maximum Gasteiger partial charge on any atom is 0.261 e. The SMILES string of the molecule is COc1cc(COc2ccc(S(=O)(=O)N3CCC[C@@H]3C(=O)NO)cc2)cc(OC)n1. The fourth-order valence-electron chi connectivity index (χ4n) is 3.20. The molecule has 1 aromatic carbocycles. The molecular formula is C19H23N3O7S. The number of carbonyl (C=O) groups excluding carboxylic acids is 1. The van der Waals surface area contributed by atoms with Gasteiger partial charge in [-0.05, 0) is 42.7 Å². The van der Waals surface area contributed by atoms with E-state index in [1.807, 2.05) is 0 Å². The molecule has 3 rings (SSSR count). The number of hydrogen-bond acceptors (Lipinski definition) is 8. The summed E-state index contributed by atoms with van der Waals surface area (Å²) < 4.78 is 42.8. The lowest BCUT2D eigenvalue weighted by Gasteiger charge is -2.22. The minimum atomic E-state index is -3.88. The second kappa shape index (κ2) is 9.28. The van der Waals surface area contributed by atoms with Gasteiger partial charge in [-0.3, -0.25) is 10.0 Å². The Kier molecular flexibility index (Phi) is 6.75. The molecule has 0 aliphatic carbocycles. The second-order valence-electron chi connectivity index (χ2n) is 6.57. The third kappa shape index (κ3) is 4.64. The van der Waals surface area contributed by atoms with Gasteiger partial charge in [0.15, 0.2) is 0 Å². The fraction of sp³-hybridized carbons (Fsp3) is 0.368.